The third kappa shape index (κ3) is 39.7. The van der Waals surface area contributed by atoms with E-state index in [-0.39, 0.29) is 130 Å². The van der Waals surface area contributed by atoms with E-state index in [2.05, 4.69) is 26.6 Å². The highest BCUT2D eigenvalue weighted by Crippen LogP contribution is 2.13. The number of carbonyl (C=O) groups is 8. The fraction of sp³-hybridized carbons (Fsp3) is 0.667. The predicted molar refractivity (Wildman–Crippen MR) is 312 cm³/mol. The van der Waals surface area contributed by atoms with Gasteiger partial charge in [-0.15, -0.1) is 0 Å². The lowest BCUT2D eigenvalue weighted by Crippen LogP contribution is -2.52. The van der Waals surface area contributed by atoms with Crippen molar-refractivity contribution in [3.8, 4) is 0 Å². The van der Waals surface area contributed by atoms with Crippen molar-refractivity contribution in [3.63, 3.8) is 0 Å². The molecule has 20 nitrogen and oxygen atoms in total. The molecular formula is C60H103N5O15. The van der Waals surface area contributed by atoms with Crippen LogP contribution >= 0.6 is 0 Å². The molecule has 458 valence electrons. The van der Waals surface area contributed by atoms with Crippen molar-refractivity contribution < 1.29 is 71.5 Å². The van der Waals surface area contributed by atoms with Gasteiger partial charge in [0.05, 0.1) is 45.1 Å². The summed E-state index contributed by atoms with van der Waals surface area (Å²) >= 11 is 0. The van der Waals surface area contributed by atoms with E-state index in [1.165, 1.54) is 0 Å². The van der Waals surface area contributed by atoms with Crippen LogP contribution in [0.5, 0.6) is 0 Å². The van der Waals surface area contributed by atoms with Crippen LogP contribution in [-0.2, 0) is 84.4 Å². The second-order valence-corrected chi connectivity index (χ2v) is 18.0. The maximum absolute atomic E-state index is 14.3. The number of esters is 1. The standard InChI is InChI=1S/C56H87N5O15.4CH4/c1-5-74-55(75-6-2)25-16-24-54(68)76-36-15-9-14-23-52(66)59-45(56(69)61-47(42-44-21-12-8-13-22-44)49(63)28-31-51(65)58-33-18-35-73-40-38-71-4)26-29-53(67)60-46(41-43-19-10-7-11-20-43)48(62)27-30-50(64)57-32-17-34-72-39-37-70-3;;;;/h7-8,10-13,19-22,45-47,55H,5-6,9,14-18,23-42H2,1-4H3,(H,57,64)(H,58,65)(H,59,66)(H,60,67)(H,61,69);4*1H4. The zero-order valence-corrected chi connectivity index (χ0v) is 45.5. The van der Waals surface area contributed by atoms with Crippen LogP contribution in [0.2, 0.25) is 0 Å². The van der Waals surface area contributed by atoms with E-state index in [0.29, 0.717) is 111 Å². The molecule has 2 rings (SSSR count). The van der Waals surface area contributed by atoms with Crippen molar-refractivity contribution in [1.29, 1.82) is 0 Å². The monoisotopic (exact) mass is 1130 g/mol. The van der Waals surface area contributed by atoms with Gasteiger partial charge in [-0.2, -0.15) is 0 Å². The van der Waals surface area contributed by atoms with Gasteiger partial charge in [0.2, 0.25) is 29.5 Å². The first-order valence-corrected chi connectivity index (χ1v) is 27.0. The Hall–Kier alpha value is -5.64. The lowest BCUT2D eigenvalue weighted by Gasteiger charge is -2.24. The lowest BCUT2D eigenvalue weighted by molar-refractivity contribution is -0.148. The van der Waals surface area contributed by atoms with Gasteiger partial charge in [-0.25, -0.2) is 0 Å². The Morgan fingerprint density at radius 3 is 1.40 bits per heavy atom. The largest absolute Gasteiger partial charge is 0.466 e. The number of ketones is 2. The van der Waals surface area contributed by atoms with E-state index in [1.807, 2.05) is 62.4 Å². The van der Waals surface area contributed by atoms with Crippen LogP contribution in [-0.4, -0.2) is 158 Å². The molecule has 0 fully saturated rings. The molecule has 80 heavy (non-hydrogen) atoms. The van der Waals surface area contributed by atoms with Gasteiger partial charge in [0.15, 0.2) is 17.9 Å². The smallest absolute Gasteiger partial charge is 0.305 e. The van der Waals surface area contributed by atoms with E-state index < -0.39 is 41.6 Å². The van der Waals surface area contributed by atoms with Crippen LogP contribution in [0.15, 0.2) is 60.7 Å². The highest BCUT2D eigenvalue weighted by atomic mass is 16.7. The number of Topliss-reactive ketones (excluding diaryl/α,β-unsaturated/α-hetero) is 2. The molecule has 0 aliphatic carbocycles. The molecule has 0 bridgehead atoms. The Bertz CT molecular complexity index is 1940. The van der Waals surface area contributed by atoms with Gasteiger partial charge in [0.1, 0.15) is 6.04 Å². The molecule has 20 heteroatoms. The maximum Gasteiger partial charge on any atom is 0.305 e. The van der Waals surface area contributed by atoms with E-state index in [1.54, 1.807) is 26.4 Å². The lowest BCUT2D eigenvalue weighted by atomic mass is 9.98. The summed E-state index contributed by atoms with van der Waals surface area (Å²) in [5.74, 6) is -3.50. The van der Waals surface area contributed by atoms with Crippen molar-refractivity contribution in [1.82, 2.24) is 26.6 Å². The number of unbranched alkanes of at least 4 members (excludes halogenated alkanes) is 2. The Labute approximate surface area is 479 Å². The summed E-state index contributed by atoms with van der Waals surface area (Å²) in [6.07, 6.45) is 2.85. The molecule has 0 heterocycles. The number of hydrogen-bond acceptors (Lipinski definition) is 15. The maximum atomic E-state index is 14.3. The average Bonchev–Trinajstić information content (AvgIpc) is 3.41. The van der Waals surface area contributed by atoms with Crippen LogP contribution in [0.1, 0.15) is 151 Å². The molecule has 0 saturated heterocycles. The van der Waals surface area contributed by atoms with Gasteiger partial charge < -0.3 is 59.7 Å². The Kier molecular flexibility index (Phi) is 50.6. The van der Waals surface area contributed by atoms with Crippen LogP contribution in [0, 0.1) is 0 Å². The minimum atomic E-state index is -1.28. The van der Waals surface area contributed by atoms with Crippen LogP contribution in [0.3, 0.4) is 0 Å². The molecule has 5 N–H and O–H groups in total. The Morgan fingerprint density at radius 2 is 0.912 bits per heavy atom. The topological polar surface area (TPSA) is 261 Å². The number of rotatable bonds is 47. The quantitative estimate of drug-likeness (QED) is 0.0255. The van der Waals surface area contributed by atoms with Crippen molar-refractivity contribution in [3.05, 3.63) is 71.8 Å². The van der Waals surface area contributed by atoms with E-state index in [0.717, 1.165) is 11.1 Å². The van der Waals surface area contributed by atoms with Gasteiger partial charge in [-0.3, -0.25) is 38.4 Å². The van der Waals surface area contributed by atoms with E-state index in [9.17, 15) is 38.4 Å². The van der Waals surface area contributed by atoms with E-state index in [4.69, 9.17) is 33.2 Å². The van der Waals surface area contributed by atoms with Crippen LogP contribution in [0.4, 0.5) is 0 Å². The second-order valence-electron chi connectivity index (χ2n) is 18.0. The highest BCUT2D eigenvalue weighted by molar-refractivity contribution is 5.95. The molecule has 3 atom stereocenters. The zero-order valence-electron chi connectivity index (χ0n) is 45.5. The van der Waals surface area contributed by atoms with Gasteiger partial charge >= 0.3 is 5.97 Å². The molecule has 0 saturated carbocycles. The van der Waals surface area contributed by atoms with Crippen molar-refractivity contribution in [2.24, 2.45) is 0 Å². The first-order chi connectivity index (χ1) is 36.9. The SMILES string of the molecule is C.C.C.C.CCOC(CCCC(=O)OCCCCCC(=O)NC(CCC(=O)NC(Cc1ccccc1)C(=O)CCC(=O)NCCCOCCOC)C(=O)NC(Cc1ccccc1)C(=O)CCC(=O)NCCCOCCOC)OCC. The van der Waals surface area contributed by atoms with Crippen molar-refractivity contribution in [2.75, 3.05) is 86.8 Å². The third-order valence-corrected chi connectivity index (χ3v) is 11.8. The molecule has 0 aromatic heterocycles. The highest BCUT2D eigenvalue weighted by Gasteiger charge is 2.29. The van der Waals surface area contributed by atoms with Crippen LogP contribution in [0.25, 0.3) is 0 Å². The average molecular weight is 1130 g/mol. The molecule has 2 aromatic carbocycles. The third-order valence-electron chi connectivity index (χ3n) is 11.8. The summed E-state index contributed by atoms with van der Waals surface area (Å²) in [6.45, 7) is 8.34. The van der Waals surface area contributed by atoms with Crippen molar-refractivity contribution >= 4 is 47.1 Å². The second kappa shape index (κ2) is 51.5. The molecule has 2 aromatic rings. The van der Waals surface area contributed by atoms with Crippen molar-refractivity contribution in [2.45, 2.75) is 177 Å². The molecule has 5 amide bonds. The van der Waals surface area contributed by atoms with Gasteiger partial charge in [0, 0.05) is 98.7 Å². The van der Waals surface area contributed by atoms with Gasteiger partial charge in [-0.1, -0.05) is 90.4 Å². The minimum absolute atomic E-state index is 0. The summed E-state index contributed by atoms with van der Waals surface area (Å²) in [5, 5.41) is 14.0. The predicted octanol–water partition coefficient (Wildman–Crippen LogP) is 6.96. The molecular weight excluding hydrogens is 1030 g/mol. The number of nitrogens with one attached hydrogen (secondary N) is 5. The Morgan fingerprint density at radius 1 is 0.438 bits per heavy atom. The Balaban J connectivity index is -0.0000148. The summed E-state index contributed by atoms with van der Waals surface area (Å²) < 4.78 is 37.2. The summed E-state index contributed by atoms with van der Waals surface area (Å²) in [7, 11) is 3.16. The molecule has 0 radical (unpaired) electrons. The molecule has 0 spiro atoms. The van der Waals surface area contributed by atoms with E-state index >= 15 is 0 Å². The summed E-state index contributed by atoms with van der Waals surface area (Å²) in [6, 6.07) is 14.8. The molecule has 3 unspecified atom stereocenters. The number of carbonyl (C=O) groups excluding carboxylic acids is 8. The fourth-order valence-electron chi connectivity index (χ4n) is 7.65. The fourth-order valence-corrected chi connectivity index (χ4v) is 7.65. The zero-order chi connectivity index (χ0) is 55.4. The van der Waals surface area contributed by atoms with Gasteiger partial charge in [-0.05, 0) is 89.2 Å². The normalized spacial score (nSPS) is 11.7. The molecule has 0 aliphatic rings. The van der Waals surface area contributed by atoms with Gasteiger partial charge in [0.25, 0.3) is 0 Å². The first-order valence-electron chi connectivity index (χ1n) is 27.0. The summed E-state index contributed by atoms with van der Waals surface area (Å²) in [5.41, 5.74) is 1.53. The number of hydrogen-bond donors (Lipinski definition) is 5. The van der Waals surface area contributed by atoms with Crippen LogP contribution < -0.4 is 26.6 Å². The number of ether oxygens (including phenoxy) is 7. The first kappa shape index (κ1) is 78.6. The minimum Gasteiger partial charge on any atom is -0.466 e. The number of methoxy groups -OCH3 is 2. The summed E-state index contributed by atoms with van der Waals surface area (Å²) in [4.78, 5) is 107. The number of benzene rings is 2. The number of amides is 5. The molecule has 0 aliphatic heterocycles.